The summed E-state index contributed by atoms with van der Waals surface area (Å²) < 4.78 is 32.5. The minimum atomic E-state index is -3.73. The molecule has 2 amide bonds. The molecule has 3 aromatic rings. The molecule has 0 bridgehead atoms. The zero-order chi connectivity index (χ0) is 24.3. The van der Waals surface area contributed by atoms with E-state index in [2.05, 4.69) is 5.32 Å². The first-order chi connectivity index (χ1) is 16.3. The molecule has 0 spiro atoms. The second-order valence-corrected chi connectivity index (χ2v) is 10.4. The molecule has 4 rings (SSSR count). The van der Waals surface area contributed by atoms with Crippen LogP contribution in [0.3, 0.4) is 0 Å². The summed E-state index contributed by atoms with van der Waals surface area (Å²) in [4.78, 5) is 35.7. The quantitative estimate of drug-likeness (QED) is 0.479. The second kappa shape index (κ2) is 9.75. The smallest absolute Gasteiger partial charge is 0.338 e. The van der Waals surface area contributed by atoms with Crippen molar-refractivity contribution < 1.29 is 27.5 Å². The van der Waals surface area contributed by atoms with Gasteiger partial charge in [-0.3, -0.25) is 9.59 Å². The van der Waals surface area contributed by atoms with Crippen LogP contribution in [0.4, 0.5) is 5.00 Å². The minimum Gasteiger partial charge on any atom is -0.452 e. The number of rotatable bonds is 7. The topological polar surface area (TPSA) is 136 Å². The third-order valence-electron chi connectivity index (χ3n) is 5.34. The van der Waals surface area contributed by atoms with E-state index in [1.807, 2.05) is 24.3 Å². The zero-order valence-electron chi connectivity index (χ0n) is 17.9. The first kappa shape index (κ1) is 23.6. The van der Waals surface area contributed by atoms with Gasteiger partial charge in [-0.15, -0.1) is 11.3 Å². The van der Waals surface area contributed by atoms with Crippen LogP contribution in [0.1, 0.15) is 31.8 Å². The molecular formula is C23H21N3O6S2. The van der Waals surface area contributed by atoms with Gasteiger partial charge < -0.3 is 15.8 Å². The first-order valence-corrected chi connectivity index (χ1v) is 12.6. The van der Waals surface area contributed by atoms with Crippen molar-refractivity contribution in [3.8, 4) is 0 Å². The van der Waals surface area contributed by atoms with E-state index in [4.69, 9.17) is 10.5 Å². The lowest BCUT2D eigenvalue weighted by atomic mass is 10.0. The van der Waals surface area contributed by atoms with E-state index in [-0.39, 0.29) is 21.0 Å². The highest BCUT2D eigenvalue weighted by atomic mass is 32.2. The minimum absolute atomic E-state index is 0.0675. The van der Waals surface area contributed by atoms with Crippen molar-refractivity contribution in [2.75, 3.05) is 18.5 Å². The summed E-state index contributed by atoms with van der Waals surface area (Å²) in [6, 6.07) is 14.6. The highest BCUT2D eigenvalue weighted by Gasteiger charge is 2.28. The fraction of sp³-hybridized carbons (Fsp3) is 0.174. The average Bonchev–Trinajstić information content (AvgIpc) is 3.30. The Kier molecular flexibility index (Phi) is 6.77. The van der Waals surface area contributed by atoms with Crippen LogP contribution in [0.25, 0.3) is 0 Å². The SMILES string of the molecule is NC(=O)c1ccsc1NC(=O)COC(=O)c1ccc(S(=O)(=O)N2CCc3ccccc3C2)cc1. The lowest BCUT2D eigenvalue weighted by Gasteiger charge is -2.28. The molecule has 1 aromatic heterocycles. The molecule has 11 heteroatoms. The number of amides is 2. The third kappa shape index (κ3) is 5.01. The summed E-state index contributed by atoms with van der Waals surface area (Å²) in [5.74, 6) is -2.10. The van der Waals surface area contributed by atoms with Crippen LogP contribution in [0, 0.1) is 0 Å². The van der Waals surface area contributed by atoms with Gasteiger partial charge in [0.05, 0.1) is 16.0 Å². The van der Waals surface area contributed by atoms with Gasteiger partial charge in [-0.2, -0.15) is 4.31 Å². The number of ether oxygens (including phenoxy) is 1. The van der Waals surface area contributed by atoms with Crippen molar-refractivity contribution in [2.45, 2.75) is 17.9 Å². The predicted molar refractivity (Wildman–Crippen MR) is 126 cm³/mol. The molecule has 176 valence electrons. The van der Waals surface area contributed by atoms with E-state index in [0.29, 0.717) is 19.5 Å². The fourth-order valence-corrected chi connectivity index (χ4v) is 5.79. The molecule has 2 aromatic carbocycles. The maximum Gasteiger partial charge on any atom is 0.338 e. The highest BCUT2D eigenvalue weighted by Crippen LogP contribution is 2.25. The molecule has 0 saturated heterocycles. The van der Waals surface area contributed by atoms with Crippen LogP contribution >= 0.6 is 11.3 Å². The predicted octanol–water partition coefficient (Wildman–Crippen LogP) is 2.39. The Bertz CT molecular complexity index is 1350. The Morgan fingerprint density at radius 3 is 2.44 bits per heavy atom. The van der Waals surface area contributed by atoms with Crippen molar-refractivity contribution in [3.05, 3.63) is 82.2 Å². The number of nitrogens with zero attached hydrogens (tertiary/aromatic N) is 1. The summed E-state index contributed by atoms with van der Waals surface area (Å²) in [6.45, 7) is 0.0846. The third-order valence-corrected chi connectivity index (χ3v) is 8.03. The summed E-state index contributed by atoms with van der Waals surface area (Å²) >= 11 is 1.11. The molecule has 0 radical (unpaired) electrons. The molecule has 9 nitrogen and oxygen atoms in total. The Morgan fingerprint density at radius 2 is 1.74 bits per heavy atom. The summed E-state index contributed by atoms with van der Waals surface area (Å²) in [5.41, 5.74) is 7.61. The van der Waals surface area contributed by atoms with Crippen molar-refractivity contribution in [2.24, 2.45) is 5.73 Å². The van der Waals surface area contributed by atoms with Crippen molar-refractivity contribution in [1.82, 2.24) is 4.31 Å². The standard InChI is InChI=1S/C23H21N3O6S2/c24-21(28)19-10-12-33-22(19)25-20(27)14-32-23(29)16-5-7-18(8-6-16)34(30,31)26-11-9-15-3-1-2-4-17(15)13-26/h1-8,10,12H,9,11,13-14H2,(H2,24,28)(H,25,27). The molecule has 0 atom stereocenters. The number of esters is 1. The van der Waals surface area contributed by atoms with Crippen molar-refractivity contribution in [1.29, 1.82) is 0 Å². The summed E-state index contributed by atoms with van der Waals surface area (Å²) in [7, 11) is -3.73. The Labute approximate surface area is 200 Å². The van der Waals surface area contributed by atoms with Crippen LogP contribution in [0.5, 0.6) is 0 Å². The van der Waals surface area contributed by atoms with Crippen LogP contribution < -0.4 is 11.1 Å². The molecule has 2 heterocycles. The van der Waals surface area contributed by atoms with E-state index in [9.17, 15) is 22.8 Å². The number of sulfonamides is 1. The van der Waals surface area contributed by atoms with Crippen LogP contribution in [-0.4, -0.2) is 43.7 Å². The van der Waals surface area contributed by atoms with Crippen molar-refractivity contribution in [3.63, 3.8) is 0 Å². The Balaban J connectivity index is 1.36. The van der Waals surface area contributed by atoms with Gasteiger partial charge >= 0.3 is 5.97 Å². The molecule has 0 saturated carbocycles. The molecule has 0 aliphatic carbocycles. The van der Waals surface area contributed by atoms with Gasteiger partial charge in [-0.05, 0) is 53.3 Å². The molecular weight excluding hydrogens is 478 g/mol. The van der Waals surface area contributed by atoms with E-state index in [0.717, 1.165) is 22.5 Å². The molecule has 34 heavy (non-hydrogen) atoms. The number of nitrogens with two attached hydrogens (primary N) is 1. The molecule has 0 unspecified atom stereocenters. The summed E-state index contributed by atoms with van der Waals surface area (Å²) in [5, 5.41) is 4.33. The van der Waals surface area contributed by atoms with E-state index in [1.54, 1.807) is 5.38 Å². The second-order valence-electron chi connectivity index (χ2n) is 7.53. The van der Waals surface area contributed by atoms with Gasteiger partial charge in [0, 0.05) is 13.1 Å². The van der Waals surface area contributed by atoms with Gasteiger partial charge in [0.15, 0.2) is 6.61 Å². The number of thiophene rings is 1. The van der Waals surface area contributed by atoms with Gasteiger partial charge in [0.1, 0.15) is 5.00 Å². The van der Waals surface area contributed by atoms with E-state index >= 15 is 0 Å². The van der Waals surface area contributed by atoms with Gasteiger partial charge in [-0.1, -0.05) is 24.3 Å². The highest BCUT2D eigenvalue weighted by molar-refractivity contribution is 7.89. The monoisotopic (exact) mass is 499 g/mol. The molecule has 0 fully saturated rings. The number of hydrogen-bond donors (Lipinski definition) is 2. The number of carbonyl (C=O) groups is 3. The normalized spacial score (nSPS) is 13.6. The average molecular weight is 500 g/mol. The lowest BCUT2D eigenvalue weighted by Crippen LogP contribution is -2.35. The number of anilines is 1. The van der Waals surface area contributed by atoms with E-state index < -0.39 is 34.4 Å². The van der Waals surface area contributed by atoms with Gasteiger partial charge in [0.25, 0.3) is 11.8 Å². The molecule has 1 aliphatic rings. The fourth-order valence-electron chi connectivity index (χ4n) is 3.56. The molecule has 1 aliphatic heterocycles. The number of carbonyl (C=O) groups excluding carboxylic acids is 3. The number of hydrogen-bond acceptors (Lipinski definition) is 7. The molecule has 3 N–H and O–H groups in total. The number of primary amides is 1. The zero-order valence-corrected chi connectivity index (χ0v) is 19.5. The van der Waals surface area contributed by atoms with Gasteiger partial charge in [-0.25, -0.2) is 13.2 Å². The number of fused-ring (bicyclic) bond motifs is 1. The number of benzene rings is 2. The first-order valence-electron chi connectivity index (χ1n) is 10.3. The maximum absolute atomic E-state index is 13.0. The lowest BCUT2D eigenvalue weighted by molar-refractivity contribution is -0.119. The van der Waals surface area contributed by atoms with Gasteiger partial charge in [0.2, 0.25) is 10.0 Å². The van der Waals surface area contributed by atoms with Crippen LogP contribution in [0.15, 0.2) is 64.9 Å². The van der Waals surface area contributed by atoms with Crippen LogP contribution in [-0.2, 0) is 32.5 Å². The number of nitrogens with one attached hydrogen (secondary N) is 1. The maximum atomic E-state index is 13.0. The Morgan fingerprint density at radius 1 is 1.03 bits per heavy atom. The van der Waals surface area contributed by atoms with E-state index in [1.165, 1.54) is 34.6 Å². The van der Waals surface area contributed by atoms with Crippen LogP contribution in [0.2, 0.25) is 0 Å². The van der Waals surface area contributed by atoms with Crippen molar-refractivity contribution >= 4 is 44.1 Å². The Hall–Kier alpha value is -3.54. The summed E-state index contributed by atoms with van der Waals surface area (Å²) in [6.07, 6.45) is 0.633. The largest absolute Gasteiger partial charge is 0.452 e.